The standard InChI is InChI=1S/C20H29N7O2S/c1-4-10-27-17-9-8-15(30(28,29)25(2)3)12-16(17)23-19(27)13-26-11-6-5-7-18(26)20-21-14-22-24-20/h8-9,12,14,18H,4-7,10-11,13H2,1-3H3,(H,21,22,24)/t18-/m0/s1. The third kappa shape index (κ3) is 3.86. The molecular formula is C20H29N7O2S. The Hall–Kier alpha value is -2.30. The molecule has 1 N–H and O–H groups in total. The Bertz CT molecular complexity index is 1110. The van der Waals surface area contributed by atoms with E-state index in [0.717, 1.165) is 55.0 Å². The van der Waals surface area contributed by atoms with Crippen LogP contribution in [0, 0.1) is 0 Å². The second-order valence-corrected chi connectivity index (χ2v) is 10.1. The summed E-state index contributed by atoms with van der Waals surface area (Å²) in [6, 6.07) is 5.43. The highest BCUT2D eigenvalue weighted by Crippen LogP contribution is 2.31. The summed E-state index contributed by atoms with van der Waals surface area (Å²) >= 11 is 0. The summed E-state index contributed by atoms with van der Waals surface area (Å²) in [7, 11) is -0.411. The van der Waals surface area contributed by atoms with Crippen molar-refractivity contribution >= 4 is 21.1 Å². The maximum absolute atomic E-state index is 12.6. The number of aromatic amines is 1. The van der Waals surface area contributed by atoms with Crippen LogP contribution in [0.15, 0.2) is 29.4 Å². The first-order valence-electron chi connectivity index (χ1n) is 10.4. The summed E-state index contributed by atoms with van der Waals surface area (Å²) in [5.41, 5.74) is 1.69. The summed E-state index contributed by atoms with van der Waals surface area (Å²) in [6.07, 6.45) is 5.88. The van der Waals surface area contributed by atoms with Crippen LogP contribution in [0.2, 0.25) is 0 Å². The van der Waals surface area contributed by atoms with E-state index in [0.29, 0.717) is 6.54 Å². The molecule has 4 rings (SSSR count). The van der Waals surface area contributed by atoms with Gasteiger partial charge in [-0.3, -0.25) is 10.00 Å². The quantitative estimate of drug-likeness (QED) is 0.617. The third-order valence-electron chi connectivity index (χ3n) is 5.73. The third-order valence-corrected chi connectivity index (χ3v) is 7.54. The highest BCUT2D eigenvalue weighted by atomic mass is 32.2. The average molecular weight is 432 g/mol. The number of piperidine rings is 1. The van der Waals surface area contributed by atoms with Crippen LogP contribution in [0.4, 0.5) is 0 Å². The molecule has 0 saturated carbocycles. The van der Waals surface area contributed by atoms with Crippen molar-refractivity contribution in [3.8, 4) is 0 Å². The molecule has 1 aromatic carbocycles. The molecule has 1 saturated heterocycles. The number of H-pyrrole nitrogens is 1. The van der Waals surface area contributed by atoms with E-state index >= 15 is 0 Å². The minimum absolute atomic E-state index is 0.195. The van der Waals surface area contributed by atoms with Gasteiger partial charge in [-0.15, -0.1) is 0 Å². The van der Waals surface area contributed by atoms with E-state index in [9.17, 15) is 8.42 Å². The zero-order valence-corrected chi connectivity index (χ0v) is 18.6. The van der Waals surface area contributed by atoms with Crippen molar-refractivity contribution in [2.75, 3.05) is 20.6 Å². The van der Waals surface area contributed by atoms with Crippen molar-refractivity contribution in [3.05, 3.63) is 36.2 Å². The molecule has 0 aliphatic carbocycles. The average Bonchev–Trinajstić information content (AvgIpc) is 3.37. The van der Waals surface area contributed by atoms with Gasteiger partial charge in [0.2, 0.25) is 10.0 Å². The number of hydrogen-bond donors (Lipinski definition) is 1. The molecule has 1 aliphatic rings. The van der Waals surface area contributed by atoms with E-state index in [1.165, 1.54) is 10.7 Å². The van der Waals surface area contributed by atoms with Gasteiger partial charge in [-0.25, -0.2) is 22.7 Å². The Balaban J connectivity index is 1.71. The Morgan fingerprint density at radius 3 is 2.80 bits per heavy atom. The van der Waals surface area contributed by atoms with Gasteiger partial charge >= 0.3 is 0 Å². The van der Waals surface area contributed by atoms with E-state index in [-0.39, 0.29) is 10.9 Å². The lowest BCUT2D eigenvalue weighted by Crippen LogP contribution is -2.34. The molecule has 10 heteroatoms. The smallest absolute Gasteiger partial charge is 0.242 e. The molecule has 3 aromatic rings. The highest BCUT2D eigenvalue weighted by molar-refractivity contribution is 7.89. The molecule has 9 nitrogen and oxygen atoms in total. The Morgan fingerprint density at radius 1 is 1.27 bits per heavy atom. The minimum atomic E-state index is -3.50. The highest BCUT2D eigenvalue weighted by Gasteiger charge is 2.28. The van der Waals surface area contributed by atoms with Crippen LogP contribution in [0.1, 0.15) is 50.3 Å². The Kier molecular flexibility index (Phi) is 5.90. The van der Waals surface area contributed by atoms with Gasteiger partial charge in [-0.1, -0.05) is 13.3 Å². The monoisotopic (exact) mass is 431 g/mol. The SMILES string of the molecule is CCCn1c(CN2CCCC[C@H]2c2ncn[nH]2)nc2cc(S(=O)(=O)N(C)C)ccc21. The largest absolute Gasteiger partial charge is 0.327 e. The minimum Gasteiger partial charge on any atom is -0.327 e. The summed E-state index contributed by atoms with van der Waals surface area (Å²) in [4.78, 5) is 11.9. The molecule has 30 heavy (non-hydrogen) atoms. The van der Waals surface area contributed by atoms with Crippen molar-refractivity contribution in [3.63, 3.8) is 0 Å². The van der Waals surface area contributed by atoms with Gasteiger partial charge in [0.1, 0.15) is 18.0 Å². The molecular weight excluding hydrogens is 402 g/mol. The van der Waals surface area contributed by atoms with Gasteiger partial charge in [-0.05, 0) is 44.0 Å². The van der Waals surface area contributed by atoms with Gasteiger partial charge in [0.25, 0.3) is 0 Å². The summed E-state index contributed by atoms with van der Waals surface area (Å²) in [6.45, 7) is 4.64. The van der Waals surface area contributed by atoms with Crippen LogP contribution < -0.4 is 0 Å². The van der Waals surface area contributed by atoms with Crippen LogP contribution in [-0.2, 0) is 23.1 Å². The number of imidazole rings is 1. The van der Waals surface area contributed by atoms with Crippen molar-refractivity contribution in [1.82, 2.24) is 33.9 Å². The first-order chi connectivity index (χ1) is 14.4. The molecule has 2 aromatic heterocycles. The summed E-state index contributed by atoms with van der Waals surface area (Å²) in [5.74, 6) is 1.85. The van der Waals surface area contributed by atoms with Crippen molar-refractivity contribution in [2.24, 2.45) is 0 Å². The van der Waals surface area contributed by atoms with Crippen LogP contribution in [0.3, 0.4) is 0 Å². The molecule has 1 atom stereocenters. The maximum Gasteiger partial charge on any atom is 0.242 e. The lowest BCUT2D eigenvalue weighted by Gasteiger charge is -2.34. The Labute approximate surface area is 177 Å². The number of likely N-dealkylation sites (tertiary alicyclic amines) is 1. The molecule has 0 spiro atoms. The van der Waals surface area contributed by atoms with Crippen molar-refractivity contribution < 1.29 is 8.42 Å². The van der Waals surface area contributed by atoms with Crippen LogP contribution >= 0.6 is 0 Å². The predicted molar refractivity (Wildman–Crippen MR) is 114 cm³/mol. The maximum atomic E-state index is 12.6. The molecule has 1 fully saturated rings. The van der Waals surface area contributed by atoms with Crippen LogP contribution in [0.25, 0.3) is 11.0 Å². The topological polar surface area (TPSA) is 100 Å². The van der Waals surface area contributed by atoms with Gasteiger partial charge in [0, 0.05) is 20.6 Å². The fourth-order valence-corrected chi connectivity index (χ4v) is 5.09. The number of rotatable bonds is 7. The summed E-state index contributed by atoms with van der Waals surface area (Å²) in [5, 5.41) is 7.05. The predicted octanol–water partition coefficient (Wildman–Crippen LogP) is 2.54. The van der Waals surface area contributed by atoms with Gasteiger partial charge in [-0.2, -0.15) is 5.10 Å². The van der Waals surface area contributed by atoms with Crippen LogP contribution in [0.5, 0.6) is 0 Å². The van der Waals surface area contributed by atoms with E-state index in [1.54, 1.807) is 32.6 Å². The van der Waals surface area contributed by atoms with E-state index in [2.05, 4.69) is 31.6 Å². The molecule has 162 valence electrons. The van der Waals surface area contributed by atoms with Crippen molar-refractivity contribution in [1.29, 1.82) is 0 Å². The zero-order chi connectivity index (χ0) is 21.3. The molecule has 1 aliphatic heterocycles. The Morgan fingerprint density at radius 2 is 2.10 bits per heavy atom. The first kappa shape index (κ1) is 21.0. The number of hydrogen-bond acceptors (Lipinski definition) is 6. The fraction of sp³-hybridized carbons (Fsp3) is 0.550. The number of aryl methyl sites for hydroxylation is 1. The molecule has 0 bridgehead atoms. The normalized spacial score (nSPS) is 18.5. The molecule has 0 amide bonds. The zero-order valence-electron chi connectivity index (χ0n) is 17.7. The number of sulfonamides is 1. The van der Waals surface area contributed by atoms with Gasteiger partial charge in [0.05, 0.1) is 28.5 Å². The number of aromatic nitrogens is 5. The molecule has 0 unspecified atom stereocenters. The van der Waals surface area contributed by atoms with Gasteiger partial charge < -0.3 is 4.57 Å². The molecule has 0 radical (unpaired) electrons. The molecule has 3 heterocycles. The fourth-order valence-electron chi connectivity index (χ4n) is 4.17. The lowest BCUT2D eigenvalue weighted by molar-refractivity contribution is 0.129. The van der Waals surface area contributed by atoms with E-state index in [1.807, 2.05) is 6.07 Å². The second kappa shape index (κ2) is 8.44. The van der Waals surface area contributed by atoms with E-state index < -0.39 is 10.0 Å². The number of fused-ring (bicyclic) bond motifs is 1. The van der Waals surface area contributed by atoms with Crippen molar-refractivity contribution in [2.45, 2.75) is 56.6 Å². The van der Waals surface area contributed by atoms with Crippen LogP contribution in [-0.4, -0.2) is 63.0 Å². The lowest BCUT2D eigenvalue weighted by atomic mass is 10.0. The first-order valence-corrected chi connectivity index (χ1v) is 11.9. The van der Waals surface area contributed by atoms with E-state index in [4.69, 9.17) is 4.98 Å². The number of benzene rings is 1. The second-order valence-electron chi connectivity index (χ2n) is 7.97. The van der Waals surface area contributed by atoms with Gasteiger partial charge in [0.15, 0.2) is 0 Å². The summed E-state index contributed by atoms with van der Waals surface area (Å²) < 4.78 is 28.5. The number of nitrogens with one attached hydrogen (secondary N) is 1. The number of nitrogens with zero attached hydrogens (tertiary/aromatic N) is 6.